The van der Waals surface area contributed by atoms with Gasteiger partial charge in [-0.3, -0.25) is 14.2 Å². The molecule has 37 heavy (non-hydrogen) atoms. The number of aryl methyl sites for hydroxylation is 1. The van der Waals surface area contributed by atoms with Crippen LogP contribution in [-0.4, -0.2) is 39.4 Å². The van der Waals surface area contributed by atoms with Gasteiger partial charge in [-0.05, 0) is 55.0 Å². The first kappa shape index (κ1) is 26.5. The number of halogens is 2. The van der Waals surface area contributed by atoms with E-state index in [2.05, 4.69) is 20.8 Å². The molecule has 4 rings (SSSR count). The number of carbonyl (C=O) groups excluding carboxylic acids is 2. The van der Waals surface area contributed by atoms with Gasteiger partial charge >= 0.3 is 0 Å². The van der Waals surface area contributed by atoms with Crippen LogP contribution < -0.4 is 15.4 Å². The lowest BCUT2D eigenvalue weighted by Crippen LogP contribution is -2.25. The first-order valence-corrected chi connectivity index (χ1v) is 12.9. The number of hydrogen-bond acceptors (Lipinski definition) is 6. The van der Waals surface area contributed by atoms with Crippen LogP contribution in [0.5, 0.6) is 5.75 Å². The summed E-state index contributed by atoms with van der Waals surface area (Å²) >= 11 is 13.4. The number of anilines is 1. The van der Waals surface area contributed by atoms with E-state index in [0.717, 1.165) is 11.3 Å². The maximum Gasteiger partial charge on any atom is 0.253 e. The van der Waals surface area contributed by atoms with Crippen molar-refractivity contribution in [3.05, 3.63) is 93.7 Å². The molecule has 190 valence electrons. The van der Waals surface area contributed by atoms with E-state index in [1.165, 1.54) is 17.8 Å². The summed E-state index contributed by atoms with van der Waals surface area (Å²) in [5.74, 6) is 0.534. The zero-order chi connectivity index (χ0) is 26.4. The quantitative estimate of drug-likeness (QED) is 0.262. The number of nitrogens with zero attached hydrogens (tertiary/aromatic N) is 3. The van der Waals surface area contributed by atoms with Crippen molar-refractivity contribution >= 4 is 52.5 Å². The third-order valence-electron chi connectivity index (χ3n) is 5.24. The van der Waals surface area contributed by atoms with Crippen LogP contribution in [0.25, 0.3) is 5.69 Å². The Labute approximate surface area is 228 Å². The van der Waals surface area contributed by atoms with E-state index in [-0.39, 0.29) is 28.8 Å². The molecule has 0 spiro atoms. The standard InChI is InChI=1S/C26H23Cl2N5O3S/c1-16-6-5-7-18(12-16)30-24(34)15-37-26-32-31-23(33(26)21-8-3-4-9-22(21)36-2)14-29-25(35)19-13-17(27)10-11-20(19)28/h3-13H,14-15H2,1-2H3,(H,29,35)(H,30,34). The molecule has 2 amide bonds. The van der Waals surface area contributed by atoms with Gasteiger partial charge in [0.05, 0.1) is 35.7 Å². The number of nitrogens with one attached hydrogen (secondary N) is 2. The molecule has 11 heteroatoms. The van der Waals surface area contributed by atoms with E-state index >= 15 is 0 Å². The second kappa shape index (κ2) is 12.1. The second-order valence-corrected chi connectivity index (χ2v) is 9.71. The highest BCUT2D eigenvalue weighted by Crippen LogP contribution is 2.29. The molecule has 0 aliphatic heterocycles. The van der Waals surface area contributed by atoms with Crippen LogP contribution in [0.3, 0.4) is 0 Å². The summed E-state index contributed by atoms with van der Waals surface area (Å²) in [7, 11) is 1.56. The number of benzene rings is 3. The Kier molecular flexibility index (Phi) is 8.70. The van der Waals surface area contributed by atoms with E-state index < -0.39 is 5.91 Å². The smallest absolute Gasteiger partial charge is 0.253 e. The number of hydrogen-bond donors (Lipinski definition) is 2. The summed E-state index contributed by atoms with van der Waals surface area (Å²) in [5.41, 5.74) is 2.69. The molecule has 0 aliphatic carbocycles. The lowest BCUT2D eigenvalue weighted by atomic mass is 10.2. The minimum atomic E-state index is -0.409. The fourth-order valence-electron chi connectivity index (χ4n) is 3.54. The van der Waals surface area contributed by atoms with Crippen molar-refractivity contribution in [2.45, 2.75) is 18.6 Å². The Bertz CT molecular complexity index is 1440. The SMILES string of the molecule is COc1ccccc1-n1c(CNC(=O)c2cc(Cl)ccc2Cl)nnc1SCC(=O)Nc1cccc(C)c1. The van der Waals surface area contributed by atoms with Crippen molar-refractivity contribution in [2.75, 3.05) is 18.2 Å². The summed E-state index contributed by atoms with van der Waals surface area (Å²) < 4.78 is 7.29. The van der Waals surface area contributed by atoms with Crippen molar-refractivity contribution < 1.29 is 14.3 Å². The van der Waals surface area contributed by atoms with Crippen LogP contribution in [0.1, 0.15) is 21.7 Å². The molecule has 3 aromatic carbocycles. The van der Waals surface area contributed by atoms with Crippen LogP contribution >= 0.6 is 35.0 Å². The van der Waals surface area contributed by atoms with E-state index in [1.807, 2.05) is 55.5 Å². The van der Waals surface area contributed by atoms with Crippen LogP contribution in [0.4, 0.5) is 5.69 Å². The summed E-state index contributed by atoms with van der Waals surface area (Å²) in [6.07, 6.45) is 0. The fourth-order valence-corrected chi connectivity index (χ4v) is 4.68. The first-order valence-electron chi connectivity index (χ1n) is 11.2. The van der Waals surface area contributed by atoms with Crippen LogP contribution in [-0.2, 0) is 11.3 Å². The number of ether oxygens (including phenoxy) is 1. The highest BCUT2D eigenvalue weighted by molar-refractivity contribution is 7.99. The molecule has 0 saturated carbocycles. The summed E-state index contributed by atoms with van der Waals surface area (Å²) in [4.78, 5) is 25.4. The summed E-state index contributed by atoms with van der Waals surface area (Å²) in [6.45, 7) is 2.00. The molecule has 4 aromatic rings. The minimum Gasteiger partial charge on any atom is -0.495 e. The molecule has 0 aliphatic rings. The van der Waals surface area contributed by atoms with Gasteiger partial charge < -0.3 is 15.4 Å². The fraction of sp³-hybridized carbons (Fsp3) is 0.154. The van der Waals surface area contributed by atoms with E-state index in [0.29, 0.717) is 27.4 Å². The van der Waals surface area contributed by atoms with Crippen molar-refractivity contribution in [1.29, 1.82) is 0 Å². The van der Waals surface area contributed by atoms with Crippen molar-refractivity contribution in [2.24, 2.45) is 0 Å². The second-order valence-electron chi connectivity index (χ2n) is 7.92. The van der Waals surface area contributed by atoms with Gasteiger partial charge in [0.25, 0.3) is 5.91 Å². The molecule has 0 atom stereocenters. The van der Waals surface area contributed by atoms with E-state index in [1.54, 1.807) is 23.8 Å². The van der Waals surface area contributed by atoms with Crippen LogP contribution in [0, 0.1) is 6.92 Å². The van der Waals surface area contributed by atoms with Gasteiger partial charge in [0.15, 0.2) is 11.0 Å². The number of amides is 2. The Balaban J connectivity index is 1.56. The van der Waals surface area contributed by atoms with Crippen LogP contribution in [0.2, 0.25) is 10.0 Å². The predicted octanol–water partition coefficient (Wildman–Crippen LogP) is 5.55. The third kappa shape index (κ3) is 6.62. The predicted molar refractivity (Wildman–Crippen MR) is 146 cm³/mol. The van der Waals surface area contributed by atoms with Crippen molar-refractivity contribution in [3.63, 3.8) is 0 Å². The Morgan fingerprint density at radius 1 is 1.03 bits per heavy atom. The highest BCUT2D eigenvalue weighted by atomic mass is 35.5. The van der Waals surface area contributed by atoms with Gasteiger partial charge in [-0.2, -0.15) is 0 Å². The Hall–Kier alpha value is -3.53. The molecule has 0 unspecified atom stereocenters. The third-order valence-corrected chi connectivity index (χ3v) is 6.73. The molecule has 0 saturated heterocycles. The van der Waals surface area contributed by atoms with Gasteiger partial charge in [0.1, 0.15) is 5.75 Å². The highest BCUT2D eigenvalue weighted by Gasteiger charge is 2.20. The van der Waals surface area contributed by atoms with E-state index in [4.69, 9.17) is 27.9 Å². The average Bonchev–Trinajstić information content (AvgIpc) is 3.30. The largest absolute Gasteiger partial charge is 0.495 e. The lowest BCUT2D eigenvalue weighted by Gasteiger charge is -2.14. The molecule has 2 N–H and O–H groups in total. The van der Waals surface area contributed by atoms with Crippen molar-refractivity contribution in [1.82, 2.24) is 20.1 Å². The van der Waals surface area contributed by atoms with Crippen molar-refractivity contribution in [3.8, 4) is 11.4 Å². The molecule has 8 nitrogen and oxygen atoms in total. The first-order chi connectivity index (χ1) is 17.9. The van der Waals surface area contributed by atoms with E-state index in [9.17, 15) is 9.59 Å². The summed E-state index contributed by atoms with van der Waals surface area (Å²) in [5, 5.41) is 15.4. The minimum absolute atomic E-state index is 0.0444. The number of carbonyl (C=O) groups is 2. The molecule has 0 fully saturated rings. The Morgan fingerprint density at radius 3 is 2.62 bits per heavy atom. The number of para-hydroxylation sites is 2. The molecular weight excluding hydrogens is 533 g/mol. The maximum absolute atomic E-state index is 12.8. The average molecular weight is 556 g/mol. The van der Waals surface area contributed by atoms with Gasteiger partial charge in [-0.25, -0.2) is 0 Å². The molecule has 1 heterocycles. The molecule has 0 bridgehead atoms. The van der Waals surface area contributed by atoms with Gasteiger partial charge in [-0.1, -0.05) is 59.2 Å². The number of rotatable bonds is 9. The maximum atomic E-state index is 12.8. The number of aromatic nitrogens is 3. The van der Waals surface area contributed by atoms with Gasteiger partial charge in [0, 0.05) is 10.7 Å². The number of methoxy groups -OCH3 is 1. The zero-order valence-corrected chi connectivity index (χ0v) is 22.3. The van der Waals surface area contributed by atoms with Gasteiger partial charge in [-0.15, -0.1) is 10.2 Å². The summed E-state index contributed by atoms with van der Waals surface area (Å²) in [6, 6.07) is 19.6. The molecule has 0 radical (unpaired) electrons. The zero-order valence-electron chi connectivity index (χ0n) is 20.0. The molecular formula is C26H23Cl2N5O3S. The van der Waals surface area contributed by atoms with Gasteiger partial charge in [0.2, 0.25) is 5.91 Å². The molecule has 1 aromatic heterocycles. The lowest BCUT2D eigenvalue weighted by molar-refractivity contribution is -0.113. The monoisotopic (exact) mass is 555 g/mol. The topological polar surface area (TPSA) is 98.1 Å². The Morgan fingerprint density at radius 2 is 1.84 bits per heavy atom. The number of thioether (sulfide) groups is 1. The van der Waals surface area contributed by atoms with Crippen LogP contribution in [0.15, 0.2) is 71.9 Å². The normalized spacial score (nSPS) is 10.7.